The largest absolute Gasteiger partial charge is 0.523 e. The van der Waals surface area contributed by atoms with Crippen molar-refractivity contribution >= 4 is 22.4 Å². The molecule has 0 radical (unpaired) electrons. The van der Waals surface area contributed by atoms with Crippen LogP contribution in [0.2, 0.25) is 0 Å². The molecule has 2 aromatic heterocycles. The minimum atomic E-state index is -4.80. The second-order valence-corrected chi connectivity index (χ2v) is 6.90. The molecule has 0 bridgehead atoms. The first-order chi connectivity index (χ1) is 14.7. The number of carboxylic acid groups (broad SMARTS) is 1. The lowest BCUT2D eigenvalue weighted by atomic mass is 10.0. The number of aryl methyl sites for hydroxylation is 1. The summed E-state index contributed by atoms with van der Waals surface area (Å²) in [6.45, 7) is 0.316. The van der Waals surface area contributed by atoms with Crippen LogP contribution >= 0.6 is 0 Å². The van der Waals surface area contributed by atoms with Gasteiger partial charge in [0, 0.05) is 34.8 Å². The topological polar surface area (TPSA) is 116 Å². The standard InChI is InChI=1S/C20H17F3N4O4/c21-20(22,23)30-16-5-4-11(10-14(16)24)19-25-18(26-31-19)13-2-1-3-15-12(13)6-8-27(15)9-7-17(28)29/h1-6,8,10,14,16H,7,9,24H2,(H,28,29). The predicted octanol–water partition coefficient (Wildman–Crippen LogP) is 3.35. The van der Waals surface area contributed by atoms with Gasteiger partial charge in [-0.05, 0) is 12.1 Å². The number of hydrogen-bond donors (Lipinski definition) is 2. The predicted molar refractivity (Wildman–Crippen MR) is 104 cm³/mol. The molecule has 1 aromatic carbocycles. The summed E-state index contributed by atoms with van der Waals surface area (Å²) in [6, 6.07) is 6.23. The molecule has 8 nitrogen and oxygen atoms in total. The van der Waals surface area contributed by atoms with Crippen molar-refractivity contribution in [2.24, 2.45) is 5.73 Å². The fourth-order valence-corrected chi connectivity index (χ4v) is 3.38. The van der Waals surface area contributed by atoms with Crippen LogP contribution in [0.3, 0.4) is 0 Å². The molecule has 31 heavy (non-hydrogen) atoms. The van der Waals surface area contributed by atoms with Gasteiger partial charge in [0.2, 0.25) is 5.82 Å². The van der Waals surface area contributed by atoms with E-state index in [0.29, 0.717) is 17.7 Å². The van der Waals surface area contributed by atoms with Gasteiger partial charge in [0.05, 0.1) is 12.5 Å². The molecule has 4 rings (SSSR count). The quantitative estimate of drug-likeness (QED) is 0.611. The van der Waals surface area contributed by atoms with E-state index in [4.69, 9.17) is 15.4 Å². The molecule has 2 atom stereocenters. The fraction of sp³-hybridized carbons (Fsp3) is 0.250. The van der Waals surface area contributed by atoms with Gasteiger partial charge in [0.25, 0.3) is 5.89 Å². The molecule has 3 aromatic rings. The highest BCUT2D eigenvalue weighted by atomic mass is 19.4. The van der Waals surface area contributed by atoms with Crippen LogP contribution in [0, 0.1) is 0 Å². The lowest BCUT2D eigenvalue weighted by Crippen LogP contribution is -2.39. The van der Waals surface area contributed by atoms with E-state index in [-0.39, 0.29) is 18.1 Å². The lowest BCUT2D eigenvalue weighted by molar-refractivity contribution is -0.337. The molecular weight excluding hydrogens is 417 g/mol. The monoisotopic (exact) mass is 434 g/mol. The Balaban J connectivity index is 1.59. The van der Waals surface area contributed by atoms with E-state index < -0.39 is 24.5 Å². The van der Waals surface area contributed by atoms with E-state index in [1.807, 2.05) is 16.7 Å². The second kappa shape index (κ2) is 8.00. The molecule has 11 heteroatoms. The van der Waals surface area contributed by atoms with Crippen LogP contribution in [-0.2, 0) is 16.1 Å². The third kappa shape index (κ3) is 4.52. The summed E-state index contributed by atoms with van der Waals surface area (Å²) in [6.07, 6.45) is -0.415. The summed E-state index contributed by atoms with van der Waals surface area (Å²) in [5.41, 5.74) is 7.65. The third-order valence-electron chi connectivity index (χ3n) is 4.78. The third-order valence-corrected chi connectivity index (χ3v) is 4.78. The number of carboxylic acids is 1. The molecule has 1 aliphatic carbocycles. The van der Waals surface area contributed by atoms with Gasteiger partial charge < -0.3 is 19.9 Å². The normalized spacial score (nSPS) is 19.0. The minimum Gasteiger partial charge on any atom is -0.481 e. The number of carbonyl (C=O) groups is 1. The highest BCUT2D eigenvalue weighted by Crippen LogP contribution is 2.30. The van der Waals surface area contributed by atoms with Gasteiger partial charge in [-0.2, -0.15) is 4.98 Å². The first-order valence-electron chi connectivity index (χ1n) is 9.25. The molecule has 0 fully saturated rings. The number of ether oxygens (including phenoxy) is 1. The molecular formula is C20H17F3N4O4. The number of hydrogen-bond acceptors (Lipinski definition) is 6. The lowest BCUT2D eigenvalue weighted by Gasteiger charge is -2.23. The zero-order chi connectivity index (χ0) is 22.2. The molecule has 0 saturated carbocycles. The second-order valence-electron chi connectivity index (χ2n) is 6.90. The Kier molecular flexibility index (Phi) is 5.38. The molecule has 162 valence electrons. The number of aliphatic carboxylic acids is 1. The summed E-state index contributed by atoms with van der Waals surface area (Å²) in [7, 11) is 0. The Bertz CT molecular complexity index is 1180. The van der Waals surface area contributed by atoms with Gasteiger partial charge in [-0.15, -0.1) is 13.2 Å². The maximum Gasteiger partial charge on any atom is 0.523 e. The Hall–Kier alpha value is -3.44. The molecule has 0 amide bonds. The van der Waals surface area contributed by atoms with Gasteiger partial charge in [-0.25, -0.2) is 0 Å². The van der Waals surface area contributed by atoms with Crippen LogP contribution in [0.5, 0.6) is 0 Å². The molecule has 3 N–H and O–H groups in total. The number of benzene rings is 1. The summed E-state index contributed by atoms with van der Waals surface area (Å²) >= 11 is 0. The zero-order valence-corrected chi connectivity index (χ0v) is 15.9. The molecule has 1 aliphatic rings. The maximum atomic E-state index is 12.4. The van der Waals surface area contributed by atoms with Gasteiger partial charge in [-0.3, -0.25) is 9.53 Å². The average molecular weight is 434 g/mol. The Morgan fingerprint density at radius 1 is 1.32 bits per heavy atom. The molecule has 0 aliphatic heterocycles. The number of halogens is 3. The van der Waals surface area contributed by atoms with Gasteiger partial charge in [0.1, 0.15) is 6.10 Å². The first kappa shape index (κ1) is 20.8. The van der Waals surface area contributed by atoms with Gasteiger partial charge >= 0.3 is 12.3 Å². The van der Waals surface area contributed by atoms with E-state index in [2.05, 4.69) is 14.9 Å². The van der Waals surface area contributed by atoms with Crippen LogP contribution in [0.1, 0.15) is 12.3 Å². The van der Waals surface area contributed by atoms with Crippen LogP contribution in [0.25, 0.3) is 27.9 Å². The van der Waals surface area contributed by atoms with Crippen molar-refractivity contribution in [1.29, 1.82) is 0 Å². The summed E-state index contributed by atoms with van der Waals surface area (Å²) in [5, 5.41) is 13.7. The van der Waals surface area contributed by atoms with Crippen molar-refractivity contribution in [2.75, 3.05) is 0 Å². The molecule has 2 unspecified atom stereocenters. The van der Waals surface area contributed by atoms with Crippen molar-refractivity contribution < 1.29 is 32.3 Å². The zero-order valence-electron chi connectivity index (χ0n) is 15.9. The van der Waals surface area contributed by atoms with Crippen LogP contribution in [-0.4, -0.2) is 44.3 Å². The van der Waals surface area contributed by atoms with Gasteiger partial charge in [0.15, 0.2) is 0 Å². The smallest absolute Gasteiger partial charge is 0.481 e. The SMILES string of the molecule is NC1C=C(c2nc(-c3cccc4c3ccn4CCC(=O)O)no2)C=CC1OC(F)(F)F. The van der Waals surface area contributed by atoms with E-state index in [1.165, 1.54) is 18.2 Å². The number of fused-ring (bicyclic) bond motifs is 1. The number of rotatable bonds is 6. The maximum absolute atomic E-state index is 12.4. The fourth-order valence-electron chi connectivity index (χ4n) is 3.38. The van der Waals surface area contributed by atoms with E-state index >= 15 is 0 Å². The van der Waals surface area contributed by atoms with Crippen molar-refractivity contribution in [2.45, 2.75) is 31.5 Å². The number of nitrogens with zero attached hydrogens (tertiary/aromatic N) is 3. The number of nitrogens with two attached hydrogens (primary N) is 1. The molecule has 2 heterocycles. The summed E-state index contributed by atoms with van der Waals surface area (Å²) < 4.78 is 48.4. The Morgan fingerprint density at radius 2 is 2.13 bits per heavy atom. The number of allylic oxidation sites excluding steroid dienone is 2. The molecule has 0 saturated heterocycles. The average Bonchev–Trinajstić information content (AvgIpc) is 3.34. The van der Waals surface area contributed by atoms with Crippen LogP contribution in [0.15, 0.2) is 53.2 Å². The number of aromatic nitrogens is 3. The highest BCUT2D eigenvalue weighted by Gasteiger charge is 2.35. The van der Waals surface area contributed by atoms with E-state index in [9.17, 15) is 18.0 Å². The highest BCUT2D eigenvalue weighted by molar-refractivity contribution is 5.94. The Morgan fingerprint density at radius 3 is 2.84 bits per heavy atom. The van der Waals surface area contributed by atoms with Crippen molar-refractivity contribution in [3.63, 3.8) is 0 Å². The first-order valence-corrected chi connectivity index (χ1v) is 9.25. The summed E-state index contributed by atoms with van der Waals surface area (Å²) in [4.78, 5) is 15.2. The van der Waals surface area contributed by atoms with Crippen LogP contribution < -0.4 is 5.73 Å². The van der Waals surface area contributed by atoms with Crippen molar-refractivity contribution in [3.05, 3.63) is 54.6 Å². The van der Waals surface area contributed by atoms with E-state index in [0.717, 1.165) is 10.9 Å². The number of alkyl halides is 3. The van der Waals surface area contributed by atoms with Crippen molar-refractivity contribution in [1.82, 2.24) is 14.7 Å². The Labute approximate surface area is 173 Å². The minimum absolute atomic E-state index is 0.0137. The summed E-state index contributed by atoms with van der Waals surface area (Å²) in [5.74, 6) is -0.502. The van der Waals surface area contributed by atoms with Crippen molar-refractivity contribution in [3.8, 4) is 11.4 Å². The van der Waals surface area contributed by atoms with E-state index in [1.54, 1.807) is 18.3 Å². The van der Waals surface area contributed by atoms with Gasteiger partial charge in [-0.1, -0.05) is 35.5 Å². The van der Waals surface area contributed by atoms with Crippen LogP contribution in [0.4, 0.5) is 13.2 Å². The molecule has 0 spiro atoms.